The third-order valence-corrected chi connectivity index (χ3v) is 6.60. The molecule has 0 heterocycles. The Morgan fingerprint density at radius 3 is 1.53 bits per heavy atom. The number of ether oxygens (including phenoxy) is 4. The van der Waals surface area contributed by atoms with Crippen molar-refractivity contribution in [1.82, 2.24) is 5.32 Å². The zero-order valence-corrected chi connectivity index (χ0v) is 26.3. The average molecular weight is 540 g/mol. The smallest absolute Gasteiger partial charge is 0.220 e. The Labute approximate surface area is 233 Å². The lowest BCUT2D eigenvalue weighted by molar-refractivity contribution is -0.128. The zero-order chi connectivity index (χ0) is 29.7. The van der Waals surface area contributed by atoms with E-state index in [-0.39, 0.29) is 40.5 Å². The molecule has 0 fully saturated rings. The van der Waals surface area contributed by atoms with Gasteiger partial charge in [-0.2, -0.15) is 0 Å². The summed E-state index contributed by atoms with van der Waals surface area (Å²) in [5, 5.41) is 2.93. The average Bonchev–Trinajstić information content (AvgIpc) is 2.76. The van der Waals surface area contributed by atoms with E-state index in [0.717, 1.165) is 6.42 Å². The zero-order valence-electron chi connectivity index (χ0n) is 26.3. The Morgan fingerprint density at radius 1 is 0.632 bits per heavy atom. The van der Waals surface area contributed by atoms with Gasteiger partial charge in [-0.3, -0.25) is 9.59 Å². The summed E-state index contributed by atoms with van der Waals surface area (Å²) in [6.45, 7) is 24.1. The molecule has 0 aliphatic rings. The van der Waals surface area contributed by atoms with Gasteiger partial charge in [0.15, 0.2) is 0 Å². The van der Waals surface area contributed by atoms with E-state index in [9.17, 15) is 9.59 Å². The maximum atomic E-state index is 12.3. The third kappa shape index (κ3) is 18.7. The van der Waals surface area contributed by atoms with Crippen molar-refractivity contribution in [3.8, 4) is 12.3 Å². The standard InChI is InChI=1S/C31H57NO6/c1-13-21-35-30(9,10)18-22-37-29(7,8)17-15-26(34)32-20-24-38-31(11,12)19-23-36-28(5,6)16-14-25(33)27(2,3)4/h1H,14-24H2,2-12H3,(H,32,34). The molecule has 7 nitrogen and oxygen atoms in total. The number of hydrogen-bond acceptors (Lipinski definition) is 6. The van der Waals surface area contributed by atoms with Crippen molar-refractivity contribution in [2.75, 3.05) is 33.0 Å². The molecule has 222 valence electrons. The molecule has 0 aliphatic heterocycles. The van der Waals surface area contributed by atoms with Gasteiger partial charge in [-0.1, -0.05) is 26.7 Å². The molecule has 0 saturated heterocycles. The number of carbonyl (C=O) groups excluding carboxylic acids is 2. The Morgan fingerprint density at radius 2 is 1.05 bits per heavy atom. The number of ketones is 1. The number of nitrogens with one attached hydrogen (secondary N) is 1. The lowest BCUT2D eigenvalue weighted by atomic mass is 9.86. The largest absolute Gasteiger partial charge is 0.375 e. The molecule has 0 aromatic carbocycles. The molecule has 0 aromatic heterocycles. The van der Waals surface area contributed by atoms with Gasteiger partial charge in [-0.25, -0.2) is 0 Å². The van der Waals surface area contributed by atoms with E-state index in [1.165, 1.54) is 0 Å². The van der Waals surface area contributed by atoms with Gasteiger partial charge in [0.2, 0.25) is 5.91 Å². The van der Waals surface area contributed by atoms with Crippen molar-refractivity contribution in [1.29, 1.82) is 0 Å². The van der Waals surface area contributed by atoms with Crippen LogP contribution in [0.5, 0.6) is 0 Å². The van der Waals surface area contributed by atoms with Crippen molar-refractivity contribution >= 4 is 11.7 Å². The number of hydrogen-bond donors (Lipinski definition) is 1. The maximum absolute atomic E-state index is 12.3. The Kier molecular flexibility index (Phi) is 15.3. The van der Waals surface area contributed by atoms with Gasteiger partial charge in [0.25, 0.3) is 0 Å². The number of terminal acetylenes is 1. The summed E-state index contributed by atoms with van der Waals surface area (Å²) in [7, 11) is 0. The first kappa shape index (κ1) is 36.5. The Balaban J connectivity index is 4.17. The molecule has 38 heavy (non-hydrogen) atoms. The minimum Gasteiger partial charge on any atom is -0.375 e. The predicted molar refractivity (Wildman–Crippen MR) is 154 cm³/mol. The molecule has 0 radical (unpaired) electrons. The fourth-order valence-electron chi connectivity index (χ4n) is 3.48. The first-order valence-electron chi connectivity index (χ1n) is 14.0. The van der Waals surface area contributed by atoms with Crippen molar-refractivity contribution in [3.05, 3.63) is 0 Å². The van der Waals surface area contributed by atoms with E-state index >= 15 is 0 Å². The lowest BCUT2D eigenvalue weighted by Gasteiger charge is -2.30. The van der Waals surface area contributed by atoms with Gasteiger partial charge in [-0.15, -0.1) is 6.42 Å². The summed E-state index contributed by atoms with van der Waals surface area (Å²) < 4.78 is 23.7. The SMILES string of the molecule is C#CCOC(C)(C)CCOC(C)(C)CCC(=O)NCCOC(C)(C)CCOC(C)(C)CCC(=O)C(C)(C)C. The first-order chi connectivity index (χ1) is 17.2. The van der Waals surface area contributed by atoms with E-state index in [4.69, 9.17) is 25.4 Å². The predicted octanol–water partition coefficient (Wildman–Crippen LogP) is 5.87. The van der Waals surface area contributed by atoms with Crippen molar-refractivity contribution in [2.45, 2.75) is 137 Å². The molecular weight excluding hydrogens is 482 g/mol. The second-order valence-corrected chi connectivity index (χ2v) is 13.6. The van der Waals surface area contributed by atoms with Crippen LogP contribution in [0, 0.1) is 17.8 Å². The molecular formula is C31H57NO6. The molecule has 7 heteroatoms. The van der Waals surface area contributed by atoms with Gasteiger partial charge in [0.05, 0.1) is 42.2 Å². The van der Waals surface area contributed by atoms with E-state index < -0.39 is 5.60 Å². The summed E-state index contributed by atoms with van der Waals surface area (Å²) in [5.74, 6) is 2.72. The van der Waals surface area contributed by atoms with Crippen LogP contribution in [0.2, 0.25) is 0 Å². The summed E-state index contributed by atoms with van der Waals surface area (Å²) >= 11 is 0. The van der Waals surface area contributed by atoms with Crippen LogP contribution < -0.4 is 5.32 Å². The monoisotopic (exact) mass is 539 g/mol. The molecule has 0 unspecified atom stereocenters. The molecule has 1 amide bonds. The highest BCUT2D eigenvalue weighted by atomic mass is 16.5. The molecule has 1 N–H and O–H groups in total. The normalized spacial score (nSPS) is 13.3. The van der Waals surface area contributed by atoms with Gasteiger partial charge in [0, 0.05) is 24.8 Å². The van der Waals surface area contributed by atoms with Crippen LogP contribution in [0.25, 0.3) is 0 Å². The Bertz CT molecular complexity index is 755. The summed E-state index contributed by atoms with van der Waals surface area (Å²) in [4.78, 5) is 24.5. The van der Waals surface area contributed by atoms with Crippen molar-refractivity contribution in [2.24, 2.45) is 5.41 Å². The van der Waals surface area contributed by atoms with Crippen LogP contribution in [0.1, 0.15) is 115 Å². The number of carbonyl (C=O) groups is 2. The molecule has 0 aliphatic carbocycles. The highest BCUT2D eigenvalue weighted by Crippen LogP contribution is 2.25. The second kappa shape index (κ2) is 16.0. The topological polar surface area (TPSA) is 83.1 Å². The Hall–Kier alpha value is -1.46. The van der Waals surface area contributed by atoms with Crippen LogP contribution in [-0.2, 0) is 28.5 Å². The molecule has 0 atom stereocenters. The molecule has 0 bridgehead atoms. The number of rotatable bonds is 20. The van der Waals surface area contributed by atoms with Crippen LogP contribution in [-0.4, -0.2) is 67.1 Å². The van der Waals surface area contributed by atoms with Crippen LogP contribution in [0.15, 0.2) is 0 Å². The molecule has 0 aromatic rings. The molecule has 0 rings (SSSR count). The van der Waals surface area contributed by atoms with Crippen molar-refractivity contribution < 1.29 is 28.5 Å². The first-order valence-corrected chi connectivity index (χ1v) is 14.0. The highest BCUT2D eigenvalue weighted by Gasteiger charge is 2.27. The third-order valence-electron chi connectivity index (χ3n) is 6.60. The summed E-state index contributed by atoms with van der Waals surface area (Å²) in [5.41, 5.74) is -1.82. The fraction of sp³-hybridized carbons (Fsp3) is 0.871. The lowest BCUT2D eigenvalue weighted by Crippen LogP contribution is -2.35. The second-order valence-electron chi connectivity index (χ2n) is 13.6. The molecule has 0 spiro atoms. The van der Waals surface area contributed by atoms with Gasteiger partial charge >= 0.3 is 0 Å². The highest BCUT2D eigenvalue weighted by molar-refractivity contribution is 5.83. The van der Waals surface area contributed by atoms with Crippen molar-refractivity contribution in [3.63, 3.8) is 0 Å². The maximum Gasteiger partial charge on any atom is 0.220 e. The number of amides is 1. The quantitative estimate of drug-likeness (QED) is 0.154. The summed E-state index contributed by atoms with van der Waals surface area (Å²) in [6.07, 6.45) is 8.90. The van der Waals surface area contributed by atoms with Gasteiger partial charge in [-0.05, 0) is 81.1 Å². The van der Waals surface area contributed by atoms with Crippen LogP contribution in [0.3, 0.4) is 0 Å². The summed E-state index contributed by atoms with van der Waals surface area (Å²) in [6, 6.07) is 0. The van der Waals surface area contributed by atoms with Gasteiger partial charge in [0.1, 0.15) is 12.4 Å². The minimum absolute atomic E-state index is 0.0179. The van der Waals surface area contributed by atoms with E-state index in [2.05, 4.69) is 11.2 Å². The van der Waals surface area contributed by atoms with E-state index in [0.29, 0.717) is 58.5 Å². The van der Waals surface area contributed by atoms with E-state index in [1.54, 1.807) is 0 Å². The molecule has 0 saturated carbocycles. The van der Waals surface area contributed by atoms with Crippen LogP contribution in [0.4, 0.5) is 0 Å². The fourth-order valence-corrected chi connectivity index (χ4v) is 3.48. The minimum atomic E-state index is -0.411. The number of Topliss-reactive ketones (excluding diaryl/α,β-unsaturated/α-hetero) is 1. The van der Waals surface area contributed by atoms with Crippen LogP contribution >= 0.6 is 0 Å². The van der Waals surface area contributed by atoms with E-state index in [1.807, 2.05) is 76.2 Å². The van der Waals surface area contributed by atoms with Gasteiger partial charge < -0.3 is 24.3 Å².